The molecule has 1 aromatic heterocycles. The van der Waals surface area contributed by atoms with E-state index in [0.29, 0.717) is 35.0 Å². The first-order valence-electron chi connectivity index (χ1n) is 12.3. The van der Waals surface area contributed by atoms with E-state index in [1.54, 1.807) is 37.3 Å². The van der Waals surface area contributed by atoms with Gasteiger partial charge in [-0.3, -0.25) is 19.3 Å². The monoisotopic (exact) mass is 550 g/mol. The number of benzene rings is 3. The minimum Gasteiger partial charge on any atom is -0.339 e. The molecule has 2 heterocycles. The molecule has 5 rings (SSSR count). The number of para-hydroxylation sites is 1. The van der Waals surface area contributed by atoms with Gasteiger partial charge in [-0.2, -0.15) is 18.3 Å². The van der Waals surface area contributed by atoms with Gasteiger partial charge in [0.25, 0.3) is 11.8 Å². The molecular weight excluding hydrogens is 528 g/mol. The Morgan fingerprint density at radius 2 is 1.73 bits per heavy atom. The molecule has 0 fully saturated rings. The Morgan fingerprint density at radius 3 is 2.35 bits per heavy atom. The lowest BCUT2D eigenvalue weighted by molar-refractivity contribution is -0.137. The van der Waals surface area contributed by atoms with Crippen molar-refractivity contribution >= 4 is 23.9 Å². The van der Waals surface area contributed by atoms with Gasteiger partial charge < -0.3 is 5.32 Å². The van der Waals surface area contributed by atoms with Crippen molar-refractivity contribution in [3.8, 4) is 5.69 Å². The Labute approximate surface area is 226 Å². The van der Waals surface area contributed by atoms with Gasteiger partial charge in [0.15, 0.2) is 6.29 Å². The van der Waals surface area contributed by atoms with Gasteiger partial charge >= 0.3 is 6.18 Å². The first kappa shape index (κ1) is 26.8. The number of fused-ring (bicyclic) bond motifs is 1. The van der Waals surface area contributed by atoms with E-state index in [0.717, 1.165) is 12.1 Å². The lowest BCUT2D eigenvalue weighted by atomic mass is 9.81. The third-order valence-corrected chi connectivity index (χ3v) is 6.75. The van der Waals surface area contributed by atoms with Gasteiger partial charge in [-0.15, -0.1) is 0 Å². The number of nitrogens with zero attached hydrogens (tertiary/aromatic N) is 3. The summed E-state index contributed by atoms with van der Waals surface area (Å²) in [6, 6.07) is 16.5. The molecule has 3 aromatic carbocycles. The van der Waals surface area contributed by atoms with E-state index in [9.17, 15) is 31.9 Å². The highest BCUT2D eigenvalue weighted by atomic mass is 19.4. The number of alkyl halides is 3. The fraction of sp³-hybridized carbons (Fsp3) is 0.172. The van der Waals surface area contributed by atoms with Crippen molar-refractivity contribution in [1.82, 2.24) is 15.1 Å². The molecule has 4 aromatic rings. The number of amides is 2. The second-order valence-corrected chi connectivity index (χ2v) is 9.13. The number of aldehydes is 1. The molecule has 204 valence electrons. The molecule has 40 heavy (non-hydrogen) atoms. The van der Waals surface area contributed by atoms with E-state index in [2.05, 4.69) is 10.4 Å². The molecule has 2 atom stereocenters. The maximum atomic E-state index is 14.0. The molecule has 11 heteroatoms. The molecule has 0 aliphatic carbocycles. The van der Waals surface area contributed by atoms with Crippen LogP contribution in [0.5, 0.6) is 0 Å². The summed E-state index contributed by atoms with van der Waals surface area (Å²) in [4.78, 5) is 40.9. The number of hydrogen-bond acceptors (Lipinski definition) is 4. The fourth-order valence-corrected chi connectivity index (χ4v) is 4.95. The Bertz CT molecular complexity index is 1580. The molecule has 0 saturated carbocycles. The highest BCUT2D eigenvalue weighted by molar-refractivity contribution is 6.06. The number of halogens is 4. The predicted molar refractivity (Wildman–Crippen MR) is 138 cm³/mol. The van der Waals surface area contributed by atoms with E-state index < -0.39 is 41.3 Å². The summed E-state index contributed by atoms with van der Waals surface area (Å²) in [5, 5.41) is 7.05. The van der Waals surface area contributed by atoms with Crippen molar-refractivity contribution in [2.45, 2.75) is 25.1 Å². The van der Waals surface area contributed by atoms with Crippen LogP contribution < -0.4 is 10.2 Å². The molecule has 7 nitrogen and oxygen atoms in total. The molecule has 0 bridgehead atoms. The summed E-state index contributed by atoms with van der Waals surface area (Å²) in [5.41, 5.74) is -0.0297. The van der Waals surface area contributed by atoms with Crippen molar-refractivity contribution < 1.29 is 31.9 Å². The molecule has 1 N–H and O–H groups in total. The average Bonchev–Trinajstić information content (AvgIpc) is 3.33. The van der Waals surface area contributed by atoms with Gasteiger partial charge in [-0.05, 0) is 55.0 Å². The van der Waals surface area contributed by atoms with Crippen molar-refractivity contribution in [3.63, 3.8) is 0 Å². The van der Waals surface area contributed by atoms with Gasteiger partial charge in [0.05, 0.1) is 11.3 Å². The van der Waals surface area contributed by atoms with Crippen molar-refractivity contribution in [3.05, 3.63) is 113 Å². The van der Waals surface area contributed by atoms with Crippen LogP contribution in [0.25, 0.3) is 5.69 Å². The molecule has 0 saturated heterocycles. The second-order valence-electron chi connectivity index (χ2n) is 9.13. The number of aromatic nitrogens is 2. The Balaban J connectivity index is 1.68. The van der Waals surface area contributed by atoms with Crippen LogP contribution in [0.3, 0.4) is 0 Å². The third kappa shape index (κ3) is 4.74. The maximum Gasteiger partial charge on any atom is 0.416 e. The number of anilines is 1. The number of nitrogens with one attached hydrogen (secondary N) is 1. The first-order chi connectivity index (χ1) is 19.1. The molecule has 0 radical (unpaired) electrons. The van der Waals surface area contributed by atoms with Crippen LogP contribution in [-0.4, -0.2) is 40.5 Å². The Kier molecular flexibility index (Phi) is 6.97. The summed E-state index contributed by atoms with van der Waals surface area (Å²) in [6.45, 7) is 1.84. The van der Waals surface area contributed by atoms with Gasteiger partial charge in [0.2, 0.25) is 0 Å². The van der Waals surface area contributed by atoms with Crippen LogP contribution in [-0.2, 0) is 11.0 Å². The highest BCUT2D eigenvalue weighted by Crippen LogP contribution is 2.43. The minimum absolute atomic E-state index is 0.00236. The zero-order chi connectivity index (χ0) is 28.6. The SMILES string of the molecule is CCN1C(=O)C(NC(=O)c2cccc(C(F)(F)F)c2)C(c2ccc(F)cc2)c2c(C=O)nn(-c3ccccc3)c21. The topological polar surface area (TPSA) is 84.3 Å². The summed E-state index contributed by atoms with van der Waals surface area (Å²) in [6.07, 6.45) is -4.14. The maximum absolute atomic E-state index is 14.0. The summed E-state index contributed by atoms with van der Waals surface area (Å²) >= 11 is 0. The van der Waals surface area contributed by atoms with Crippen LogP contribution in [0.4, 0.5) is 23.4 Å². The van der Waals surface area contributed by atoms with Crippen LogP contribution in [0.1, 0.15) is 50.4 Å². The van der Waals surface area contributed by atoms with Crippen LogP contribution in [0, 0.1) is 5.82 Å². The standard InChI is InChI=1S/C29H22F4N4O3/c1-2-36-27-24(22(16-38)35-37(27)21-9-4-3-5-10-21)23(17-11-13-20(30)14-12-17)25(28(36)40)34-26(39)18-7-6-8-19(15-18)29(31,32)33/h3-16,23,25H,2H2,1H3,(H,34,39). The van der Waals surface area contributed by atoms with Gasteiger partial charge in [0.1, 0.15) is 23.4 Å². The van der Waals surface area contributed by atoms with Crippen molar-refractivity contribution in [1.29, 1.82) is 0 Å². The smallest absolute Gasteiger partial charge is 0.339 e. The molecule has 2 amide bonds. The van der Waals surface area contributed by atoms with E-state index >= 15 is 0 Å². The number of carbonyl (C=O) groups excluding carboxylic acids is 3. The quantitative estimate of drug-likeness (QED) is 0.266. The molecule has 0 spiro atoms. The largest absolute Gasteiger partial charge is 0.416 e. The van der Waals surface area contributed by atoms with Crippen LogP contribution >= 0.6 is 0 Å². The van der Waals surface area contributed by atoms with Gasteiger partial charge in [-0.25, -0.2) is 9.07 Å². The fourth-order valence-electron chi connectivity index (χ4n) is 4.95. The first-order valence-corrected chi connectivity index (χ1v) is 12.3. The van der Waals surface area contributed by atoms with Crippen LogP contribution in [0.2, 0.25) is 0 Å². The highest BCUT2D eigenvalue weighted by Gasteiger charge is 2.46. The number of likely N-dealkylation sites (N-methyl/N-ethyl adjacent to an activating group) is 1. The number of rotatable bonds is 6. The molecule has 2 unspecified atom stereocenters. The van der Waals surface area contributed by atoms with Gasteiger partial charge in [-0.1, -0.05) is 36.4 Å². The van der Waals surface area contributed by atoms with E-state index in [1.807, 2.05) is 0 Å². The average molecular weight is 551 g/mol. The lowest BCUT2D eigenvalue weighted by Gasteiger charge is -2.38. The van der Waals surface area contributed by atoms with Crippen molar-refractivity contribution in [2.75, 3.05) is 11.4 Å². The van der Waals surface area contributed by atoms with E-state index in [1.165, 1.54) is 39.9 Å². The second kappa shape index (κ2) is 10.4. The zero-order valence-corrected chi connectivity index (χ0v) is 21.0. The van der Waals surface area contributed by atoms with Crippen molar-refractivity contribution in [2.24, 2.45) is 0 Å². The lowest BCUT2D eigenvalue weighted by Crippen LogP contribution is -2.55. The minimum atomic E-state index is -4.67. The molecule has 1 aliphatic heterocycles. The third-order valence-electron chi connectivity index (χ3n) is 6.75. The normalized spacial score (nSPS) is 16.9. The van der Waals surface area contributed by atoms with Crippen LogP contribution in [0.15, 0.2) is 78.9 Å². The summed E-state index contributed by atoms with van der Waals surface area (Å²) in [7, 11) is 0. The van der Waals surface area contributed by atoms with E-state index in [4.69, 9.17) is 0 Å². The van der Waals surface area contributed by atoms with E-state index in [-0.39, 0.29) is 17.8 Å². The zero-order valence-electron chi connectivity index (χ0n) is 21.0. The summed E-state index contributed by atoms with van der Waals surface area (Å²) in [5.74, 6) is -2.72. The molecular formula is C29H22F4N4O3. The predicted octanol–water partition coefficient (Wildman–Crippen LogP) is 5.14. The summed E-state index contributed by atoms with van der Waals surface area (Å²) < 4.78 is 55.2. The molecule has 1 aliphatic rings. The number of carbonyl (C=O) groups is 3. The number of hydrogen-bond donors (Lipinski definition) is 1. The Hall–Kier alpha value is -4.80. The van der Waals surface area contributed by atoms with Gasteiger partial charge in [0, 0.05) is 23.6 Å². The Morgan fingerprint density at radius 1 is 1.02 bits per heavy atom.